The van der Waals surface area contributed by atoms with Crippen LogP contribution in [-0.4, -0.2) is 32.7 Å². The number of carbonyl (C=O) groups is 1. The van der Waals surface area contributed by atoms with Gasteiger partial charge in [0.05, 0.1) is 13.4 Å². The van der Waals surface area contributed by atoms with E-state index in [2.05, 4.69) is 15.0 Å². The van der Waals surface area contributed by atoms with Crippen LogP contribution in [0.1, 0.15) is 16.7 Å². The fourth-order valence-electron chi connectivity index (χ4n) is 2.88. The van der Waals surface area contributed by atoms with Gasteiger partial charge in [-0.1, -0.05) is 18.2 Å². The van der Waals surface area contributed by atoms with Crippen LogP contribution in [0.5, 0.6) is 11.5 Å². The maximum absolute atomic E-state index is 12.2. The lowest BCUT2D eigenvalue weighted by atomic mass is 10.2. The molecular weight excluding hydrogens is 442 g/mol. The molecule has 0 radical (unpaired) electrons. The molecule has 0 fully saturated rings. The van der Waals surface area contributed by atoms with Gasteiger partial charge in [0.1, 0.15) is 6.61 Å². The van der Waals surface area contributed by atoms with Gasteiger partial charge in [0.2, 0.25) is 15.9 Å². The third-order valence-electron chi connectivity index (χ3n) is 4.48. The molecule has 0 saturated heterocycles. The highest BCUT2D eigenvalue weighted by Crippen LogP contribution is 2.28. The van der Waals surface area contributed by atoms with Crippen molar-refractivity contribution in [1.29, 1.82) is 0 Å². The van der Waals surface area contributed by atoms with Crippen molar-refractivity contribution in [3.8, 4) is 11.5 Å². The van der Waals surface area contributed by atoms with Gasteiger partial charge in [0.15, 0.2) is 11.5 Å². The minimum absolute atomic E-state index is 0.259. The molecule has 2 N–H and O–H groups in total. The van der Waals surface area contributed by atoms with Crippen molar-refractivity contribution in [1.82, 2.24) is 10.3 Å². The minimum atomic E-state index is -3.32. The number of carbonyl (C=O) groups excluding carboxylic acids is 1. The fraction of sp³-hybridized carbons (Fsp3) is 0.167. The summed E-state index contributed by atoms with van der Waals surface area (Å²) in [4.78, 5) is 16.2. The van der Waals surface area contributed by atoms with Crippen LogP contribution in [0.4, 0.5) is 5.69 Å². The van der Waals surface area contributed by atoms with Crippen molar-refractivity contribution >= 4 is 27.7 Å². The molecule has 1 heterocycles. The van der Waals surface area contributed by atoms with Crippen molar-refractivity contribution < 1.29 is 22.7 Å². The molecule has 0 atom stereocenters. The zero-order chi connectivity index (χ0) is 23.7. The number of ether oxygens (including phenoxy) is 2. The van der Waals surface area contributed by atoms with E-state index in [1.165, 1.54) is 6.08 Å². The second kappa shape index (κ2) is 11.1. The first kappa shape index (κ1) is 23.8. The summed E-state index contributed by atoms with van der Waals surface area (Å²) in [6, 6.07) is 15.9. The Hall–Kier alpha value is -3.85. The number of amides is 1. The number of hydrogen-bond acceptors (Lipinski definition) is 6. The summed E-state index contributed by atoms with van der Waals surface area (Å²) in [6.45, 7) is 0.715. The number of nitrogens with zero attached hydrogens (tertiary/aromatic N) is 1. The van der Waals surface area contributed by atoms with Crippen LogP contribution in [0.2, 0.25) is 0 Å². The maximum atomic E-state index is 12.2. The summed E-state index contributed by atoms with van der Waals surface area (Å²) in [6.07, 6.45) is 7.57. The van der Waals surface area contributed by atoms with E-state index in [9.17, 15) is 13.2 Å². The highest BCUT2D eigenvalue weighted by atomic mass is 32.2. The first-order valence-electron chi connectivity index (χ1n) is 10.0. The lowest BCUT2D eigenvalue weighted by Crippen LogP contribution is -2.20. The Labute approximate surface area is 193 Å². The number of nitrogens with one attached hydrogen (secondary N) is 2. The predicted molar refractivity (Wildman–Crippen MR) is 127 cm³/mol. The first-order valence-corrected chi connectivity index (χ1v) is 11.9. The Balaban J connectivity index is 1.53. The first-order chi connectivity index (χ1) is 15.8. The number of pyridine rings is 1. The second-order valence-corrected chi connectivity index (χ2v) is 8.93. The largest absolute Gasteiger partial charge is 0.493 e. The van der Waals surface area contributed by atoms with Crippen molar-refractivity contribution in [2.45, 2.75) is 13.2 Å². The van der Waals surface area contributed by atoms with E-state index >= 15 is 0 Å². The smallest absolute Gasteiger partial charge is 0.244 e. The summed E-state index contributed by atoms with van der Waals surface area (Å²) in [5.74, 6) is 0.928. The average molecular weight is 468 g/mol. The number of methoxy groups -OCH3 is 1. The molecular formula is C24H25N3O5S. The number of benzene rings is 2. The van der Waals surface area contributed by atoms with Crippen LogP contribution in [0.25, 0.3) is 6.08 Å². The average Bonchev–Trinajstić information content (AvgIpc) is 2.81. The lowest BCUT2D eigenvalue weighted by molar-refractivity contribution is -0.116. The highest BCUT2D eigenvalue weighted by molar-refractivity contribution is 7.92. The van der Waals surface area contributed by atoms with Crippen LogP contribution in [0.3, 0.4) is 0 Å². The summed E-state index contributed by atoms with van der Waals surface area (Å²) in [5.41, 5.74) is 3.08. The fourth-order valence-corrected chi connectivity index (χ4v) is 3.44. The number of aromatic nitrogens is 1. The Morgan fingerprint density at radius 1 is 1.00 bits per heavy atom. The highest BCUT2D eigenvalue weighted by Gasteiger charge is 2.07. The van der Waals surface area contributed by atoms with Crippen LogP contribution in [0, 0.1) is 0 Å². The zero-order valence-electron chi connectivity index (χ0n) is 18.3. The quantitative estimate of drug-likeness (QED) is 0.443. The van der Waals surface area contributed by atoms with Gasteiger partial charge in [-0.25, -0.2) is 8.42 Å². The standard InChI is InChI=1S/C24H25N3O5S/c1-31-23-15-20(5-9-22(23)32-17-19-11-13-25-14-12-19)16-26-24(28)10-6-18-3-7-21(8-4-18)27-33(2,29)30/h3-15,27H,16-17H2,1-2H3,(H,26,28). The van der Waals surface area contributed by atoms with Gasteiger partial charge >= 0.3 is 0 Å². The van der Waals surface area contributed by atoms with Crippen molar-refractivity contribution in [2.24, 2.45) is 0 Å². The van der Waals surface area contributed by atoms with E-state index in [1.807, 2.05) is 30.3 Å². The second-order valence-electron chi connectivity index (χ2n) is 7.18. The lowest BCUT2D eigenvalue weighted by Gasteiger charge is -2.12. The molecule has 1 amide bonds. The molecule has 8 nitrogen and oxygen atoms in total. The number of anilines is 1. The van der Waals surface area contributed by atoms with Gasteiger partial charge in [-0.3, -0.25) is 14.5 Å². The molecule has 9 heteroatoms. The molecule has 0 aliphatic heterocycles. The van der Waals surface area contributed by atoms with Gasteiger partial charge < -0.3 is 14.8 Å². The molecule has 2 aromatic carbocycles. The van der Waals surface area contributed by atoms with E-state index in [4.69, 9.17) is 9.47 Å². The molecule has 0 aliphatic carbocycles. The summed E-state index contributed by atoms with van der Waals surface area (Å²) < 4.78 is 36.1. The Morgan fingerprint density at radius 3 is 2.39 bits per heavy atom. The van der Waals surface area contributed by atoms with E-state index in [0.717, 1.165) is 22.9 Å². The molecule has 0 unspecified atom stereocenters. The molecule has 0 saturated carbocycles. The minimum Gasteiger partial charge on any atom is -0.493 e. The summed E-state index contributed by atoms with van der Waals surface area (Å²) >= 11 is 0. The molecule has 1 aromatic heterocycles. The Kier molecular flexibility index (Phi) is 8.04. The third-order valence-corrected chi connectivity index (χ3v) is 5.09. The molecule has 0 bridgehead atoms. The van der Waals surface area contributed by atoms with Crippen LogP contribution >= 0.6 is 0 Å². The summed E-state index contributed by atoms with van der Waals surface area (Å²) in [7, 11) is -1.76. The molecule has 33 heavy (non-hydrogen) atoms. The number of sulfonamides is 1. The molecule has 0 spiro atoms. The van der Waals surface area contributed by atoms with Gasteiger partial charge in [-0.05, 0) is 59.2 Å². The molecule has 0 aliphatic rings. The Morgan fingerprint density at radius 2 is 1.73 bits per heavy atom. The SMILES string of the molecule is COc1cc(CNC(=O)C=Cc2ccc(NS(C)(=O)=O)cc2)ccc1OCc1ccncc1. The van der Waals surface area contributed by atoms with Crippen LogP contribution in [-0.2, 0) is 28.0 Å². The van der Waals surface area contributed by atoms with Crippen molar-refractivity contribution in [3.05, 3.63) is 89.8 Å². The molecule has 172 valence electrons. The third kappa shape index (κ3) is 7.97. The topological polar surface area (TPSA) is 107 Å². The number of rotatable bonds is 10. The van der Waals surface area contributed by atoms with Gasteiger partial charge in [0, 0.05) is 30.7 Å². The van der Waals surface area contributed by atoms with Crippen LogP contribution < -0.4 is 19.5 Å². The van der Waals surface area contributed by atoms with Gasteiger partial charge in [0.25, 0.3) is 0 Å². The number of hydrogen-bond donors (Lipinski definition) is 2. The van der Waals surface area contributed by atoms with Gasteiger partial charge in [-0.2, -0.15) is 0 Å². The summed E-state index contributed by atoms with van der Waals surface area (Å²) in [5, 5.41) is 2.82. The van der Waals surface area contributed by atoms with E-state index in [-0.39, 0.29) is 5.91 Å². The molecule has 3 rings (SSSR count). The van der Waals surface area contributed by atoms with Crippen molar-refractivity contribution in [3.63, 3.8) is 0 Å². The van der Waals surface area contributed by atoms with Crippen molar-refractivity contribution in [2.75, 3.05) is 18.1 Å². The van der Waals surface area contributed by atoms with E-state index < -0.39 is 10.0 Å². The van der Waals surface area contributed by atoms with E-state index in [0.29, 0.717) is 30.3 Å². The van der Waals surface area contributed by atoms with E-state index in [1.54, 1.807) is 49.8 Å². The monoisotopic (exact) mass is 467 g/mol. The zero-order valence-corrected chi connectivity index (χ0v) is 19.1. The molecule has 3 aromatic rings. The van der Waals surface area contributed by atoms with Gasteiger partial charge in [-0.15, -0.1) is 0 Å². The predicted octanol–water partition coefficient (Wildman–Crippen LogP) is 3.37. The maximum Gasteiger partial charge on any atom is 0.244 e. The van der Waals surface area contributed by atoms with Crippen LogP contribution in [0.15, 0.2) is 73.1 Å². The Bertz CT molecular complexity index is 1210. The normalized spacial score (nSPS) is 11.2.